The molecule has 0 aliphatic carbocycles. The highest BCUT2D eigenvalue weighted by molar-refractivity contribution is 5.91. The molecule has 11 nitrogen and oxygen atoms in total. The van der Waals surface area contributed by atoms with Gasteiger partial charge >= 0.3 is 23.9 Å². The first-order valence-electron chi connectivity index (χ1n) is 9.76. The lowest BCUT2D eigenvalue weighted by molar-refractivity contribution is -0.150. The minimum Gasteiger partial charge on any atom is -0.463 e. The van der Waals surface area contributed by atoms with E-state index in [9.17, 15) is 24.0 Å². The molecule has 0 unspecified atom stereocenters. The molecule has 0 aliphatic heterocycles. The van der Waals surface area contributed by atoms with Crippen LogP contribution >= 0.6 is 0 Å². The van der Waals surface area contributed by atoms with Crippen LogP contribution in [0, 0.1) is 11.3 Å². The van der Waals surface area contributed by atoms with Crippen LogP contribution in [0.25, 0.3) is 0 Å². The number of rotatable bonds is 11. The summed E-state index contributed by atoms with van der Waals surface area (Å²) >= 11 is 0. The number of carbonyl (C=O) groups is 4. The number of carbonyl (C=O) groups excluding carboxylic acids is 5. The number of ether oxygens (including phenoxy) is 4. The van der Waals surface area contributed by atoms with Crippen molar-refractivity contribution >= 4 is 35.6 Å². The lowest BCUT2D eigenvalue weighted by Crippen LogP contribution is -2.19. The Bertz CT molecular complexity index is 1110. The molecule has 0 saturated heterocycles. The highest BCUT2D eigenvalue weighted by Gasteiger charge is 2.13. The molecule has 0 radical (unpaired) electrons. The molecule has 0 saturated carbocycles. The normalized spacial score (nSPS) is 9.62. The molecule has 2 aromatic carbocycles. The summed E-state index contributed by atoms with van der Waals surface area (Å²) in [4.78, 5) is 60.5. The van der Waals surface area contributed by atoms with Gasteiger partial charge in [0.05, 0.1) is 41.7 Å². The standard InChI is InChI=1S/C23H18N2O9/c24-12-16-2-4-17(5-3-16)22(29)33-13-20(27)31-10-1-11-32-21(28)14-34-23(30)18-6-8-19(9-7-18)25-15-26/h2-9H,1,10-11,13-14H2. The summed E-state index contributed by atoms with van der Waals surface area (Å²) < 4.78 is 19.4. The maximum Gasteiger partial charge on any atom is 0.344 e. The summed E-state index contributed by atoms with van der Waals surface area (Å²) in [6, 6.07) is 13.2. The first kappa shape index (κ1) is 25.5. The topological polar surface area (TPSA) is 158 Å². The lowest BCUT2D eigenvalue weighted by atomic mass is 10.1. The van der Waals surface area contributed by atoms with E-state index in [0.29, 0.717) is 11.3 Å². The number of esters is 4. The van der Waals surface area contributed by atoms with E-state index < -0.39 is 37.1 Å². The van der Waals surface area contributed by atoms with Crippen molar-refractivity contribution in [1.82, 2.24) is 0 Å². The Morgan fingerprint density at radius 2 is 1.21 bits per heavy atom. The highest BCUT2D eigenvalue weighted by Crippen LogP contribution is 2.13. The third-order valence-corrected chi connectivity index (χ3v) is 3.98. The number of nitriles is 1. The van der Waals surface area contributed by atoms with Gasteiger partial charge in [-0.15, -0.1) is 0 Å². The van der Waals surface area contributed by atoms with E-state index in [2.05, 4.69) is 4.99 Å². The van der Waals surface area contributed by atoms with Crippen molar-refractivity contribution in [2.24, 2.45) is 4.99 Å². The van der Waals surface area contributed by atoms with Crippen LogP contribution in [-0.2, 0) is 33.3 Å². The van der Waals surface area contributed by atoms with Crippen LogP contribution in [0.4, 0.5) is 5.69 Å². The quantitative estimate of drug-likeness (QED) is 0.158. The Hall–Kier alpha value is -4.81. The van der Waals surface area contributed by atoms with Crippen molar-refractivity contribution in [3.8, 4) is 6.07 Å². The van der Waals surface area contributed by atoms with E-state index in [1.807, 2.05) is 6.07 Å². The summed E-state index contributed by atoms with van der Waals surface area (Å²) in [6.07, 6.45) is 1.54. The molecule has 0 amide bonds. The molecule has 0 bridgehead atoms. The van der Waals surface area contributed by atoms with Gasteiger partial charge in [0, 0.05) is 6.42 Å². The minimum absolute atomic E-state index is 0.0874. The first-order valence-corrected chi connectivity index (χ1v) is 9.76. The predicted octanol–water partition coefficient (Wildman–Crippen LogP) is 2.02. The fourth-order valence-corrected chi connectivity index (χ4v) is 2.34. The van der Waals surface area contributed by atoms with Crippen LogP contribution in [0.3, 0.4) is 0 Å². The third-order valence-electron chi connectivity index (χ3n) is 3.98. The smallest absolute Gasteiger partial charge is 0.344 e. The minimum atomic E-state index is -0.793. The summed E-state index contributed by atoms with van der Waals surface area (Å²) in [7, 11) is 0. The van der Waals surface area contributed by atoms with Gasteiger partial charge in [-0.3, -0.25) is 0 Å². The van der Waals surface area contributed by atoms with Crippen molar-refractivity contribution in [2.45, 2.75) is 6.42 Å². The van der Waals surface area contributed by atoms with E-state index in [1.165, 1.54) is 54.6 Å². The fourth-order valence-electron chi connectivity index (χ4n) is 2.34. The summed E-state index contributed by atoms with van der Waals surface area (Å²) in [6.45, 7) is -1.39. The zero-order valence-electron chi connectivity index (χ0n) is 17.7. The number of nitrogens with zero attached hydrogens (tertiary/aromatic N) is 2. The molecule has 11 heteroatoms. The molecule has 2 aromatic rings. The lowest BCUT2D eigenvalue weighted by Gasteiger charge is -2.08. The van der Waals surface area contributed by atoms with Gasteiger partial charge in [-0.1, -0.05) is 0 Å². The van der Waals surface area contributed by atoms with Gasteiger partial charge in [0.25, 0.3) is 0 Å². The van der Waals surface area contributed by atoms with Gasteiger partial charge in [0.1, 0.15) is 0 Å². The fraction of sp³-hybridized carbons (Fsp3) is 0.217. The Kier molecular flexibility index (Phi) is 10.2. The van der Waals surface area contributed by atoms with E-state index in [0.717, 1.165) is 0 Å². The molecular formula is C23H18N2O9. The largest absolute Gasteiger partial charge is 0.463 e. The van der Waals surface area contributed by atoms with Crippen LogP contribution in [0.2, 0.25) is 0 Å². The van der Waals surface area contributed by atoms with E-state index >= 15 is 0 Å². The van der Waals surface area contributed by atoms with Crippen molar-refractivity contribution in [3.05, 3.63) is 65.2 Å². The second-order valence-electron chi connectivity index (χ2n) is 6.39. The molecule has 0 atom stereocenters. The number of hydrogen-bond donors (Lipinski definition) is 0. The molecule has 0 fully saturated rings. The van der Waals surface area contributed by atoms with Crippen LogP contribution in [-0.4, -0.2) is 56.4 Å². The molecule has 34 heavy (non-hydrogen) atoms. The first-order chi connectivity index (χ1) is 16.4. The van der Waals surface area contributed by atoms with Gasteiger partial charge in [0.15, 0.2) is 13.2 Å². The van der Waals surface area contributed by atoms with Crippen molar-refractivity contribution in [3.63, 3.8) is 0 Å². The molecule has 174 valence electrons. The van der Waals surface area contributed by atoms with Crippen LogP contribution < -0.4 is 0 Å². The van der Waals surface area contributed by atoms with Gasteiger partial charge in [-0.2, -0.15) is 10.3 Å². The SMILES string of the molecule is N#Cc1ccc(C(=O)OCC(=O)OCCCOC(=O)COC(=O)c2ccc(N=C=O)cc2)cc1. The average molecular weight is 466 g/mol. The van der Waals surface area contributed by atoms with E-state index in [4.69, 9.17) is 24.2 Å². The molecule has 0 spiro atoms. The number of aliphatic imine (C=N–C) groups is 1. The average Bonchev–Trinajstić information content (AvgIpc) is 2.86. The Balaban J connectivity index is 1.56. The van der Waals surface area contributed by atoms with Gasteiger partial charge in [0.2, 0.25) is 6.08 Å². The zero-order chi connectivity index (χ0) is 24.8. The monoisotopic (exact) mass is 466 g/mol. The molecule has 0 heterocycles. The van der Waals surface area contributed by atoms with Gasteiger partial charge < -0.3 is 18.9 Å². The van der Waals surface area contributed by atoms with Gasteiger partial charge in [-0.25, -0.2) is 24.0 Å². The highest BCUT2D eigenvalue weighted by atomic mass is 16.6. The van der Waals surface area contributed by atoms with Gasteiger partial charge in [-0.05, 0) is 48.5 Å². The third kappa shape index (κ3) is 8.74. The summed E-state index contributed by atoms with van der Waals surface area (Å²) in [5, 5.41) is 8.72. The van der Waals surface area contributed by atoms with Crippen molar-refractivity contribution < 1.29 is 42.9 Å². The molecule has 0 aromatic heterocycles. The Labute approximate surface area is 193 Å². The van der Waals surface area contributed by atoms with E-state index in [-0.39, 0.29) is 30.8 Å². The second kappa shape index (κ2) is 13.6. The number of hydrogen-bond acceptors (Lipinski definition) is 11. The van der Waals surface area contributed by atoms with Crippen molar-refractivity contribution in [2.75, 3.05) is 26.4 Å². The van der Waals surface area contributed by atoms with Crippen LogP contribution in [0.15, 0.2) is 53.5 Å². The zero-order valence-corrected chi connectivity index (χ0v) is 17.7. The summed E-state index contributed by atoms with van der Waals surface area (Å²) in [5.41, 5.74) is 1.04. The van der Waals surface area contributed by atoms with Crippen LogP contribution in [0.5, 0.6) is 0 Å². The number of isocyanates is 1. The van der Waals surface area contributed by atoms with Crippen molar-refractivity contribution in [1.29, 1.82) is 5.26 Å². The molecule has 0 N–H and O–H groups in total. The molecular weight excluding hydrogens is 448 g/mol. The molecule has 0 aliphatic rings. The maximum absolute atomic E-state index is 11.9. The van der Waals surface area contributed by atoms with E-state index in [1.54, 1.807) is 0 Å². The predicted molar refractivity (Wildman–Crippen MR) is 112 cm³/mol. The second-order valence-corrected chi connectivity index (χ2v) is 6.39. The Morgan fingerprint density at radius 1 is 0.735 bits per heavy atom. The summed E-state index contributed by atoms with van der Waals surface area (Å²) in [5.74, 6) is -3.08. The number of benzene rings is 2. The molecule has 2 rings (SSSR count). The maximum atomic E-state index is 11.9. The Morgan fingerprint density at radius 3 is 1.65 bits per heavy atom. The van der Waals surface area contributed by atoms with Crippen LogP contribution in [0.1, 0.15) is 32.7 Å².